The van der Waals surface area contributed by atoms with Gasteiger partial charge in [0.2, 0.25) is 11.8 Å². The quantitative estimate of drug-likeness (QED) is 0.312. The van der Waals surface area contributed by atoms with Crippen LogP contribution in [0.5, 0.6) is 0 Å². The number of carbonyl (C=O) groups is 2. The van der Waals surface area contributed by atoms with Gasteiger partial charge in [0.25, 0.3) is 5.56 Å². The Morgan fingerprint density at radius 1 is 0.737 bits per heavy atom. The number of furan rings is 2. The highest BCUT2D eigenvalue weighted by Crippen LogP contribution is 2.12. The average Bonchev–Trinajstić information content (AvgIpc) is 3.64. The maximum Gasteiger partial charge on any atom is 0.336 e. The predicted octanol–water partition coefficient (Wildman–Crippen LogP) is 2.51. The SMILES string of the molecule is O=C(Cc1ccc(-n2c(=O)c3ccccc3n(CC(=O)NCc3ccco3)c2=O)cc1)NCc1ccco1. The molecular formula is C28H24N4O6. The Labute approximate surface area is 216 Å². The second-order valence-electron chi connectivity index (χ2n) is 8.58. The standard InChI is InChI=1S/C28H24N4O6/c33-25(29-16-21-5-3-13-37-21)15-19-9-11-20(12-10-19)32-27(35)23-7-1-2-8-24(23)31(28(32)36)18-26(34)30-17-22-6-4-14-38-22/h1-14H,15-18H2,(H,29,33)(H,30,34). The number of aromatic nitrogens is 2. The Morgan fingerprint density at radius 3 is 2.00 bits per heavy atom. The summed E-state index contributed by atoms with van der Waals surface area (Å²) < 4.78 is 12.7. The molecule has 0 spiro atoms. The van der Waals surface area contributed by atoms with Crippen molar-refractivity contribution in [2.75, 3.05) is 0 Å². The summed E-state index contributed by atoms with van der Waals surface area (Å²) >= 11 is 0. The fourth-order valence-corrected chi connectivity index (χ4v) is 4.11. The first kappa shape index (κ1) is 24.6. The highest BCUT2D eigenvalue weighted by molar-refractivity contribution is 5.82. The number of hydrogen-bond donors (Lipinski definition) is 2. The summed E-state index contributed by atoms with van der Waals surface area (Å²) in [6, 6.07) is 20.2. The van der Waals surface area contributed by atoms with E-state index in [2.05, 4.69) is 10.6 Å². The van der Waals surface area contributed by atoms with Crippen LogP contribution in [0, 0.1) is 0 Å². The van der Waals surface area contributed by atoms with Gasteiger partial charge >= 0.3 is 5.69 Å². The lowest BCUT2D eigenvalue weighted by atomic mass is 10.1. The Kier molecular flexibility index (Phi) is 7.03. The van der Waals surface area contributed by atoms with Crippen LogP contribution in [0.2, 0.25) is 0 Å². The fourth-order valence-electron chi connectivity index (χ4n) is 4.11. The van der Waals surface area contributed by atoms with Crippen LogP contribution in [0.4, 0.5) is 0 Å². The molecule has 0 atom stereocenters. The number of nitrogens with one attached hydrogen (secondary N) is 2. The molecule has 2 amide bonds. The highest BCUT2D eigenvalue weighted by atomic mass is 16.3. The van der Waals surface area contributed by atoms with Crippen molar-refractivity contribution in [2.45, 2.75) is 26.1 Å². The molecule has 0 radical (unpaired) electrons. The Balaban J connectivity index is 1.39. The lowest BCUT2D eigenvalue weighted by Crippen LogP contribution is -2.41. The molecule has 0 saturated carbocycles. The number of nitrogens with zero attached hydrogens (tertiary/aromatic N) is 2. The van der Waals surface area contributed by atoms with Gasteiger partial charge in [-0.2, -0.15) is 0 Å². The second kappa shape index (κ2) is 10.9. The molecule has 0 unspecified atom stereocenters. The van der Waals surface area contributed by atoms with E-state index in [-0.39, 0.29) is 32.0 Å². The third kappa shape index (κ3) is 5.34. The first-order valence-electron chi connectivity index (χ1n) is 11.9. The van der Waals surface area contributed by atoms with Crippen LogP contribution in [0.1, 0.15) is 17.1 Å². The molecule has 0 aliphatic carbocycles. The number of rotatable bonds is 9. The Hall–Kier alpha value is -5.12. The largest absolute Gasteiger partial charge is 0.467 e. The lowest BCUT2D eigenvalue weighted by Gasteiger charge is -2.14. The normalized spacial score (nSPS) is 10.9. The molecule has 3 aromatic heterocycles. The van der Waals surface area contributed by atoms with Crippen molar-refractivity contribution >= 4 is 22.7 Å². The summed E-state index contributed by atoms with van der Waals surface area (Å²) in [6.07, 6.45) is 3.16. The molecule has 5 rings (SSSR count). The highest BCUT2D eigenvalue weighted by Gasteiger charge is 2.17. The molecule has 38 heavy (non-hydrogen) atoms. The van der Waals surface area contributed by atoms with Gasteiger partial charge in [-0.3, -0.25) is 19.0 Å². The van der Waals surface area contributed by atoms with E-state index in [1.807, 2.05) is 0 Å². The summed E-state index contributed by atoms with van der Waals surface area (Å²) in [5.41, 5.74) is 0.247. The van der Waals surface area contributed by atoms with Crippen molar-refractivity contribution in [3.63, 3.8) is 0 Å². The Morgan fingerprint density at radius 2 is 1.37 bits per heavy atom. The minimum Gasteiger partial charge on any atom is -0.467 e. The van der Waals surface area contributed by atoms with Crippen LogP contribution >= 0.6 is 0 Å². The van der Waals surface area contributed by atoms with Crippen molar-refractivity contribution in [1.82, 2.24) is 19.8 Å². The molecule has 0 bridgehead atoms. The minimum atomic E-state index is -0.647. The Bertz CT molecular complexity index is 1680. The van der Waals surface area contributed by atoms with Gasteiger partial charge in [-0.15, -0.1) is 0 Å². The maximum atomic E-state index is 13.5. The van der Waals surface area contributed by atoms with Gasteiger partial charge in [-0.05, 0) is 54.1 Å². The van der Waals surface area contributed by atoms with Crippen molar-refractivity contribution in [1.29, 1.82) is 0 Å². The minimum absolute atomic E-state index is 0.119. The summed E-state index contributed by atoms with van der Waals surface area (Å²) in [5, 5.41) is 5.80. The molecule has 0 aliphatic heterocycles. The van der Waals surface area contributed by atoms with Crippen LogP contribution in [0.15, 0.2) is 104 Å². The third-order valence-corrected chi connectivity index (χ3v) is 5.99. The van der Waals surface area contributed by atoms with E-state index in [0.717, 1.165) is 4.57 Å². The van der Waals surface area contributed by atoms with Gasteiger partial charge in [-0.25, -0.2) is 9.36 Å². The smallest absolute Gasteiger partial charge is 0.336 e. The molecule has 5 aromatic rings. The molecular weight excluding hydrogens is 488 g/mol. The number of amides is 2. The second-order valence-corrected chi connectivity index (χ2v) is 8.58. The van der Waals surface area contributed by atoms with E-state index < -0.39 is 17.2 Å². The number of carbonyl (C=O) groups excluding carboxylic acids is 2. The van der Waals surface area contributed by atoms with Gasteiger partial charge in [0.05, 0.1) is 48.6 Å². The number of para-hydroxylation sites is 1. The maximum absolute atomic E-state index is 13.5. The van der Waals surface area contributed by atoms with Crippen molar-refractivity contribution in [3.8, 4) is 5.69 Å². The molecule has 3 heterocycles. The zero-order valence-electron chi connectivity index (χ0n) is 20.3. The molecule has 0 saturated heterocycles. The van der Waals surface area contributed by atoms with E-state index in [1.165, 1.54) is 17.1 Å². The molecule has 10 heteroatoms. The van der Waals surface area contributed by atoms with Crippen molar-refractivity contribution in [2.24, 2.45) is 0 Å². The summed E-state index contributed by atoms with van der Waals surface area (Å²) in [4.78, 5) is 51.7. The van der Waals surface area contributed by atoms with Gasteiger partial charge in [0.15, 0.2) is 0 Å². The van der Waals surface area contributed by atoms with Crippen LogP contribution in [0.3, 0.4) is 0 Å². The van der Waals surface area contributed by atoms with Gasteiger partial charge in [-0.1, -0.05) is 24.3 Å². The first-order chi connectivity index (χ1) is 18.5. The van der Waals surface area contributed by atoms with Crippen molar-refractivity contribution in [3.05, 3.63) is 123 Å². The van der Waals surface area contributed by atoms with Gasteiger partial charge in [0, 0.05) is 0 Å². The fraction of sp³-hybridized carbons (Fsp3) is 0.143. The van der Waals surface area contributed by atoms with E-state index in [0.29, 0.717) is 33.7 Å². The monoisotopic (exact) mass is 512 g/mol. The van der Waals surface area contributed by atoms with Crippen molar-refractivity contribution < 1.29 is 18.4 Å². The zero-order chi connectivity index (χ0) is 26.5. The van der Waals surface area contributed by atoms with Gasteiger partial charge in [0.1, 0.15) is 18.1 Å². The van der Waals surface area contributed by atoms with E-state index in [1.54, 1.807) is 72.8 Å². The zero-order valence-corrected chi connectivity index (χ0v) is 20.3. The molecule has 0 fully saturated rings. The summed E-state index contributed by atoms with van der Waals surface area (Å²) in [6.45, 7) is 0.175. The number of hydrogen-bond acceptors (Lipinski definition) is 6. The van der Waals surface area contributed by atoms with Crippen LogP contribution in [-0.4, -0.2) is 20.9 Å². The number of fused-ring (bicyclic) bond motifs is 1. The van der Waals surface area contributed by atoms with Crippen LogP contribution in [-0.2, 0) is 35.6 Å². The molecule has 10 nitrogen and oxygen atoms in total. The average molecular weight is 513 g/mol. The first-order valence-corrected chi connectivity index (χ1v) is 11.9. The predicted molar refractivity (Wildman–Crippen MR) is 139 cm³/mol. The van der Waals surface area contributed by atoms with E-state index in [4.69, 9.17) is 8.83 Å². The topological polar surface area (TPSA) is 128 Å². The lowest BCUT2D eigenvalue weighted by molar-refractivity contribution is -0.122. The summed E-state index contributed by atoms with van der Waals surface area (Å²) in [7, 11) is 0. The molecule has 192 valence electrons. The van der Waals surface area contributed by atoms with Crippen LogP contribution < -0.4 is 21.9 Å². The molecule has 2 N–H and O–H groups in total. The molecule has 2 aromatic carbocycles. The van der Waals surface area contributed by atoms with Gasteiger partial charge < -0.3 is 19.5 Å². The number of benzene rings is 2. The van der Waals surface area contributed by atoms with E-state index in [9.17, 15) is 19.2 Å². The molecule has 0 aliphatic rings. The van der Waals surface area contributed by atoms with Crippen LogP contribution in [0.25, 0.3) is 16.6 Å². The van der Waals surface area contributed by atoms with E-state index >= 15 is 0 Å². The third-order valence-electron chi connectivity index (χ3n) is 5.99. The summed E-state index contributed by atoms with van der Waals surface area (Å²) in [5.74, 6) is 0.625.